The first-order chi connectivity index (χ1) is 12.0. The number of halogens is 1. The second kappa shape index (κ2) is 8.89. The zero-order valence-corrected chi connectivity index (χ0v) is 17.4. The zero-order valence-electron chi connectivity index (χ0n) is 15.4. The van der Waals surface area contributed by atoms with Crippen molar-refractivity contribution >= 4 is 11.7 Å². The van der Waals surface area contributed by atoms with Gasteiger partial charge in [-0.05, 0) is 42.2 Å². The molecule has 0 unspecified atom stereocenters. The van der Waals surface area contributed by atoms with Crippen molar-refractivity contribution in [1.29, 1.82) is 0 Å². The summed E-state index contributed by atoms with van der Waals surface area (Å²) in [4.78, 5) is 13.3. The molecule has 6 heteroatoms. The Balaban J connectivity index is 0.00000243. The van der Waals surface area contributed by atoms with Crippen molar-refractivity contribution in [2.75, 3.05) is 18.1 Å². The van der Waals surface area contributed by atoms with E-state index in [4.69, 9.17) is 4.74 Å². The van der Waals surface area contributed by atoms with Crippen molar-refractivity contribution in [3.8, 4) is 5.75 Å². The quantitative estimate of drug-likeness (QED) is 0.665. The van der Waals surface area contributed by atoms with Gasteiger partial charge in [0.05, 0.1) is 12.6 Å². The van der Waals surface area contributed by atoms with E-state index in [1.165, 1.54) is 12.1 Å². The molecule has 0 saturated carbocycles. The average molecular weight is 365 g/mol. The van der Waals surface area contributed by atoms with Crippen LogP contribution in [0.1, 0.15) is 35.3 Å². The predicted octanol–water partition coefficient (Wildman–Crippen LogP) is -0.209. The van der Waals surface area contributed by atoms with E-state index in [0.29, 0.717) is 37.8 Å². The molecule has 3 rings (SSSR count). The third-order valence-electron chi connectivity index (χ3n) is 4.30. The molecule has 2 aromatic carbocycles. The van der Waals surface area contributed by atoms with Crippen LogP contribution in [0.3, 0.4) is 0 Å². The van der Waals surface area contributed by atoms with Gasteiger partial charge in [-0.2, -0.15) is 0 Å². The SMILES string of the molecule is CC(C)COc1ccc(F)cc1CN1CCc2c(C(=O)[O-])cccc21.[Na+]. The van der Waals surface area contributed by atoms with Gasteiger partial charge in [0.2, 0.25) is 0 Å². The Morgan fingerprint density at radius 3 is 2.77 bits per heavy atom. The summed E-state index contributed by atoms with van der Waals surface area (Å²) >= 11 is 0. The van der Waals surface area contributed by atoms with E-state index in [2.05, 4.69) is 18.7 Å². The molecule has 2 aromatic rings. The fourth-order valence-corrected chi connectivity index (χ4v) is 3.13. The van der Waals surface area contributed by atoms with Gasteiger partial charge < -0.3 is 19.5 Å². The van der Waals surface area contributed by atoms with Gasteiger partial charge in [0.15, 0.2) is 0 Å². The number of carbonyl (C=O) groups excluding carboxylic acids is 1. The standard InChI is InChI=1S/C20H22FNO3.Na/c1-13(2)12-25-19-7-6-15(21)10-14(19)11-22-9-8-16-17(20(23)24)4-3-5-18(16)22;/h3-7,10,13H,8-9,11-12H2,1-2H3,(H,23,24);/q;+1/p-1. The number of hydrogen-bond acceptors (Lipinski definition) is 4. The molecule has 1 aliphatic heterocycles. The molecule has 132 valence electrons. The molecule has 1 heterocycles. The molecule has 0 bridgehead atoms. The third kappa shape index (κ3) is 4.58. The molecule has 0 fully saturated rings. The van der Waals surface area contributed by atoms with E-state index in [9.17, 15) is 14.3 Å². The van der Waals surface area contributed by atoms with Crippen LogP contribution >= 0.6 is 0 Å². The van der Waals surface area contributed by atoms with Gasteiger partial charge in [0.1, 0.15) is 11.6 Å². The molecule has 0 spiro atoms. The Morgan fingerprint density at radius 2 is 2.08 bits per heavy atom. The Bertz CT molecular complexity index is 795. The van der Waals surface area contributed by atoms with Crippen LogP contribution in [0.25, 0.3) is 0 Å². The maximum Gasteiger partial charge on any atom is 1.00 e. The van der Waals surface area contributed by atoms with Gasteiger partial charge in [0.25, 0.3) is 0 Å². The van der Waals surface area contributed by atoms with E-state index >= 15 is 0 Å². The molecule has 0 amide bonds. The number of anilines is 1. The first kappa shape index (κ1) is 20.7. The first-order valence-electron chi connectivity index (χ1n) is 8.45. The molecule has 0 radical (unpaired) electrons. The largest absolute Gasteiger partial charge is 1.00 e. The van der Waals surface area contributed by atoms with Crippen molar-refractivity contribution in [3.05, 3.63) is 58.9 Å². The topological polar surface area (TPSA) is 52.6 Å². The summed E-state index contributed by atoms with van der Waals surface area (Å²) in [5, 5.41) is 11.3. The Labute approximate surface area is 175 Å². The van der Waals surface area contributed by atoms with E-state index < -0.39 is 5.97 Å². The predicted molar refractivity (Wildman–Crippen MR) is 92.3 cm³/mol. The molecule has 0 aliphatic carbocycles. The summed E-state index contributed by atoms with van der Waals surface area (Å²) in [5.74, 6) is -0.434. The van der Waals surface area contributed by atoms with Crippen molar-refractivity contribution < 1.29 is 48.6 Å². The van der Waals surface area contributed by atoms with Gasteiger partial charge in [-0.15, -0.1) is 0 Å². The Hall–Kier alpha value is -1.56. The van der Waals surface area contributed by atoms with E-state index in [0.717, 1.165) is 16.8 Å². The summed E-state index contributed by atoms with van der Waals surface area (Å²) < 4.78 is 19.5. The second-order valence-electron chi connectivity index (χ2n) is 6.72. The first-order valence-corrected chi connectivity index (χ1v) is 8.45. The van der Waals surface area contributed by atoms with E-state index in [1.807, 2.05) is 6.07 Å². The zero-order chi connectivity index (χ0) is 18.0. The molecule has 1 aliphatic rings. The fourth-order valence-electron chi connectivity index (χ4n) is 3.13. The second-order valence-corrected chi connectivity index (χ2v) is 6.72. The van der Waals surface area contributed by atoms with Gasteiger partial charge in [-0.1, -0.05) is 26.0 Å². The van der Waals surface area contributed by atoms with E-state index in [1.54, 1.807) is 18.2 Å². The van der Waals surface area contributed by atoms with Crippen LogP contribution in [-0.2, 0) is 13.0 Å². The van der Waals surface area contributed by atoms with Crippen LogP contribution in [0, 0.1) is 11.7 Å². The number of carbonyl (C=O) groups is 1. The van der Waals surface area contributed by atoms with Crippen molar-refractivity contribution in [2.45, 2.75) is 26.8 Å². The number of hydrogen-bond donors (Lipinski definition) is 0. The van der Waals surface area contributed by atoms with Crippen LogP contribution in [0.5, 0.6) is 5.75 Å². The summed E-state index contributed by atoms with van der Waals surface area (Å²) in [6.45, 7) is 5.82. The van der Waals surface area contributed by atoms with Gasteiger partial charge in [0, 0.05) is 29.9 Å². The molecular weight excluding hydrogens is 344 g/mol. The molecule has 4 nitrogen and oxygen atoms in total. The number of benzene rings is 2. The maximum absolute atomic E-state index is 13.7. The number of aromatic carboxylic acids is 1. The molecular formula is C20H21FNNaO3. The third-order valence-corrected chi connectivity index (χ3v) is 4.30. The fraction of sp³-hybridized carbons (Fsp3) is 0.350. The molecule has 0 saturated heterocycles. The summed E-state index contributed by atoms with van der Waals surface area (Å²) in [5.41, 5.74) is 2.63. The van der Waals surface area contributed by atoms with Crippen molar-refractivity contribution in [1.82, 2.24) is 0 Å². The molecule has 0 atom stereocenters. The normalized spacial score (nSPS) is 12.7. The summed E-state index contributed by atoms with van der Waals surface area (Å²) in [6.07, 6.45) is 0.636. The maximum atomic E-state index is 13.7. The minimum absolute atomic E-state index is 0. The van der Waals surface area contributed by atoms with E-state index in [-0.39, 0.29) is 40.9 Å². The Kier molecular flexibility index (Phi) is 7.09. The average Bonchev–Trinajstić information content (AvgIpc) is 2.97. The van der Waals surface area contributed by atoms with Crippen molar-refractivity contribution in [3.63, 3.8) is 0 Å². The number of carboxylic acids is 1. The molecule has 0 N–H and O–H groups in total. The smallest absolute Gasteiger partial charge is 0.545 e. The van der Waals surface area contributed by atoms with Gasteiger partial charge >= 0.3 is 29.6 Å². The van der Waals surface area contributed by atoms with Crippen LogP contribution in [0.4, 0.5) is 10.1 Å². The molecule has 26 heavy (non-hydrogen) atoms. The minimum Gasteiger partial charge on any atom is -0.545 e. The Morgan fingerprint density at radius 1 is 1.31 bits per heavy atom. The van der Waals surface area contributed by atoms with Gasteiger partial charge in [-0.3, -0.25) is 0 Å². The number of fused-ring (bicyclic) bond motifs is 1. The number of nitrogens with zero attached hydrogens (tertiary/aromatic N) is 1. The van der Waals surface area contributed by atoms with Crippen molar-refractivity contribution in [2.24, 2.45) is 5.92 Å². The minimum atomic E-state index is -1.16. The molecule has 0 aromatic heterocycles. The monoisotopic (exact) mass is 365 g/mol. The number of carboxylic acid groups (broad SMARTS) is 1. The van der Waals surface area contributed by atoms with Crippen LogP contribution in [-0.4, -0.2) is 19.1 Å². The van der Waals surface area contributed by atoms with Gasteiger partial charge in [-0.25, -0.2) is 4.39 Å². The summed E-state index contributed by atoms with van der Waals surface area (Å²) in [6, 6.07) is 9.70. The van der Waals surface area contributed by atoms with Crippen LogP contribution in [0.15, 0.2) is 36.4 Å². The number of ether oxygens (including phenoxy) is 1. The summed E-state index contributed by atoms with van der Waals surface area (Å²) in [7, 11) is 0. The van der Waals surface area contributed by atoms with Crippen LogP contribution in [0.2, 0.25) is 0 Å². The number of rotatable bonds is 6. The van der Waals surface area contributed by atoms with Crippen LogP contribution < -0.4 is 44.3 Å².